The van der Waals surface area contributed by atoms with Gasteiger partial charge in [-0.2, -0.15) is 0 Å². The van der Waals surface area contributed by atoms with Crippen LogP contribution in [-0.2, 0) is 25.9 Å². The lowest BCUT2D eigenvalue weighted by molar-refractivity contribution is 0.194. The van der Waals surface area contributed by atoms with E-state index in [2.05, 4.69) is 86.1 Å². The number of hydrogen-bond acceptors (Lipinski definition) is 5. The molecule has 1 atom stereocenters. The number of fused-ring (bicyclic) bond motifs is 1. The molecule has 6 nitrogen and oxygen atoms in total. The monoisotopic (exact) mass is 396 g/mol. The minimum atomic E-state index is -0.00729. The third-order valence-electron chi connectivity index (χ3n) is 5.81. The molecule has 0 radical (unpaired) electrons. The maximum absolute atomic E-state index is 4.48. The zero-order chi connectivity index (χ0) is 20.2. The van der Waals surface area contributed by atoms with Crippen molar-refractivity contribution < 1.29 is 0 Å². The molecule has 0 saturated heterocycles. The predicted molar refractivity (Wildman–Crippen MR) is 115 cm³/mol. The number of tetrazole rings is 1. The van der Waals surface area contributed by atoms with Crippen LogP contribution in [0, 0.1) is 0 Å². The summed E-state index contributed by atoms with van der Waals surface area (Å²) in [6, 6.07) is 23.3. The summed E-state index contributed by atoms with van der Waals surface area (Å²) in [7, 11) is 0. The molecule has 0 amide bonds. The van der Waals surface area contributed by atoms with E-state index in [1.54, 1.807) is 0 Å². The van der Waals surface area contributed by atoms with Gasteiger partial charge in [0.15, 0.2) is 5.82 Å². The first-order valence-corrected chi connectivity index (χ1v) is 10.4. The Bertz CT molecular complexity index is 1090. The Kier molecular flexibility index (Phi) is 5.31. The molecule has 0 saturated carbocycles. The Morgan fingerprint density at radius 2 is 1.63 bits per heavy atom. The molecule has 0 spiro atoms. The Morgan fingerprint density at radius 3 is 2.47 bits per heavy atom. The largest absolute Gasteiger partial charge is 0.285 e. The third-order valence-corrected chi connectivity index (χ3v) is 5.81. The Balaban J connectivity index is 1.46. The van der Waals surface area contributed by atoms with Crippen LogP contribution in [0.5, 0.6) is 0 Å². The van der Waals surface area contributed by atoms with Crippen molar-refractivity contribution in [2.45, 2.75) is 32.0 Å². The minimum Gasteiger partial charge on any atom is -0.285 e. The molecule has 150 valence electrons. The number of benzene rings is 2. The molecular weight excluding hydrogens is 372 g/mol. The van der Waals surface area contributed by atoms with Crippen molar-refractivity contribution in [3.63, 3.8) is 0 Å². The van der Waals surface area contributed by atoms with Crippen LogP contribution in [0.1, 0.15) is 34.1 Å². The van der Waals surface area contributed by atoms with Gasteiger partial charge in [-0.25, -0.2) is 4.68 Å². The first-order chi connectivity index (χ1) is 14.9. The standard InChI is InChI=1S/C24H24N6/c1-2-6-19(7-3-1)12-17-30-24(26-27-28-30)23(21-10-14-25-15-11-21)29-16-13-20-8-4-5-9-22(20)18-29/h1-11,14-15,23H,12-13,16-18H2. The molecule has 30 heavy (non-hydrogen) atoms. The van der Waals surface area contributed by atoms with E-state index < -0.39 is 0 Å². The number of aryl methyl sites for hydroxylation is 2. The van der Waals surface area contributed by atoms with Gasteiger partial charge in [0.2, 0.25) is 0 Å². The number of nitrogens with zero attached hydrogens (tertiary/aromatic N) is 6. The van der Waals surface area contributed by atoms with E-state index in [0.717, 1.165) is 38.3 Å². The van der Waals surface area contributed by atoms with Gasteiger partial charge in [0, 0.05) is 32.0 Å². The Hall–Kier alpha value is -3.38. The van der Waals surface area contributed by atoms with Gasteiger partial charge in [0.1, 0.15) is 0 Å². The first-order valence-electron chi connectivity index (χ1n) is 10.4. The summed E-state index contributed by atoms with van der Waals surface area (Å²) >= 11 is 0. The van der Waals surface area contributed by atoms with E-state index in [0.29, 0.717) is 0 Å². The van der Waals surface area contributed by atoms with Crippen LogP contribution in [0.3, 0.4) is 0 Å². The fourth-order valence-corrected chi connectivity index (χ4v) is 4.25. The normalized spacial score (nSPS) is 14.9. The highest BCUT2D eigenvalue weighted by atomic mass is 15.5. The number of hydrogen-bond donors (Lipinski definition) is 0. The Labute approximate surface area is 176 Å². The van der Waals surface area contributed by atoms with Gasteiger partial charge in [-0.05, 0) is 57.7 Å². The smallest absolute Gasteiger partial charge is 0.173 e. The van der Waals surface area contributed by atoms with Crippen molar-refractivity contribution in [1.82, 2.24) is 30.1 Å². The molecule has 0 N–H and O–H groups in total. The molecule has 3 heterocycles. The van der Waals surface area contributed by atoms with Gasteiger partial charge < -0.3 is 0 Å². The van der Waals surface area contributed by atoms with Crippen molar-refractivity contribution in [3.05, 3.63) is 107 Å². The van der Waals surface area contributed by atoms with Gasteiger partial charge in [0.05, 0.1) is 6.04 Å². The van der Waals surface area contributed by atoms with E-state index in [1.165, 1.54) is 22.3 Å². The molecule has 1 unspecified atom stereocenters. The van der Waals surface area contributed by atoms with Crippen molar-refractivity contribution in [2.75, 3.05) is 6.54 Å². The average Bonchev–Trinajstić information content (AvgIpc) is 3.27. The van der Waals surface area contributed by atoms with Crippen molar-refractivity contribution >= 4 is 0 Å². The lowest BCUT2D eigenvalue weighted by Crippen LogP contribution is -2.36. The molecule has 6 heteroatoms. The summed E-state index contributed by atoms with van der Waals surface area (Å²) in [5, 5.41) is 12.8. The van der Waals surface area contributed by atoms with E-state index in [9.17, 15) is 0 Å². The second kappa shape index (κ2) is 8.55. The predicted octanol–water partition coefficient (Wildman–Crippen LogP) is 3.46. The van der Waals surface area contributed by atoms with Crippen molar-refractivity contribution in [1.29, 1.82) is 0 Å². The highest BCUT2D eigenvalue weighted by Gasteiger charge is 2.30. The summed E-state index contributed by atoms with van der Waals surface area (Å²) in [4.78, 5) is 6.69. The summed E-state index contributed by atoms with van der Waals surface area (Å²) in [5.74, 6) is 0.886. The minimum absolute atomic E-state index is 0.00729. The van der Waals surface area contributed by atoms with E-state index in [1.807, 2.05) is 23.1 Å². The number of aromatic nitrogens is 5. The second-order valence-corrected chi connectivity index (χ2v) is 7.67. The van der Waals surface area contributed by atoms with Crippen LogP contribution >= 0.6 is 0 Å². The van der Waals surface area contributed by atoms with E-state index in [-0.39, 0.29) is 6.04 Å². The molecule has 5 rings (SSSR count). The van der Waals surface area contributed by atoms with Gasteiger partial charge in [-0.15, -0.1) is 5.10 Å². The van der Waals surface area contributed by atoms with Gasteiger partial charge >= 0.3 is 0 Å². The first kappa shape index (κ1) is 18.6. The van der Waals surface area contributed by atoms with E-state index in [4.69, 9.17) is 0 Å². The molecule has 2 aromatic heterocycles. The highest BCUT2D eigenvalue weighted by molar-refractivity contribution is 5.31. The van der Waals surface area contributed by atoms with Crippen LogP contribution in [0.2, 0.25) is 0 Å². The SMILES string of the molecule is c1ccc(CCn2nnnc2C(c2ccncc2)N2CCc3ccccc3C2)cc1. The molecule has 1 aliphatic heterocycles. The third kappa shape index (κ3) is 3.86. The highest BCUT2D eigenvalue weighted by Crippen LogP contribution is 2.31. The molecule has 2 aromatic carbocycles. The van der Waals surface area contributed by atoms with Crippen LogP contribution in [-0.4, -0.2) is 36.6 Å². The maximum Gasteiger partial charge on any atom is 0.173 e. The summed E-state index contributed by atoms with van der Waals surface area (Å²) in [6.07, 6.45) is 5.62. The molecule has 0 aliphatic carbocycles. The maximum atomic E-state index is 4.48. The second-order valence-electron chi connectivity index (χ2n) is 7.67. The lowest BCUT2D eigenvalue weighted by atomic mass is 9.96. The number of rotatable bonds is 6. The fourth-order valence-electron chi connectivity index (χ4n) is 4.25. The van der Waals surface area contributed by atoms with Gasteiger partial charge in [-0.3, -0.25) is 9.88 Å². The summed E-state index contributed by atoms with van der Waals surface area (Å²) in [5.41, 5.74) is 5.27. The van der Waals surface area contributed by atoms with Gasteiger partial charge in [0.25, 0.3) is 0 Å². The van der Waals surface area contributed by atoms with Crippen molar-refractivity contribution in [3.8, 4) is 0 Å². The molecule has 0 bridgehead atoms. The number of pyridine rings is 1. The van der Waals surface area contributed by atoms with Gasteiger partial charge in [-0.1, -0.05) is 54.6 Å². The summed E-state index contributed by atoms with van der Waals surface area (Å²) < 4.78 is 1.96. The van der Waals surface area contributed by atoms with Crippen LogP contribution < -0.4 is 0 Å². The zero-order valence-electron chi connectivity index (χ0n) is 16.8. The van der Waals surface area contributed by atoms with Crippen molar-refractivity contribution in [2.24, 2.45) is 0 Å². The quantitative estimate of drug-likeness (QED) is 0.500. The lowest BCUT2D eigenvalue weighted by Gasteiger charge is -2.35. The summed E-state index contributed by atoms with van der Waals surface area (Å²) in [6.45, 7) is 2.60. The molecule has 0 fully saturated rings. The van der Waals surface area contributed by atoms with Crippen LogP contribution in [0.15, 0.2) is 79.1 Å². The Morgan fingerprint density at radius 1 is 0.867 bits per heavy atom. The average molecular weight is 396 g/mol. The molecular formula is C24H24N6. The molecule has 4 aromatic rings. The topological polar surface area (TPSA) is 59.7 Å². The van der Waals surface area contributed by atoms with Crippen LogP contribution in [0.4, 0.5) is 0 Å². The van der Waals surface area contributed by atoms with E-state index >= 15 is 0 Å². The fraction of sp³-hybridized carbons (Fsp3) is 0.250. The van der Waals surface area contributed by atoms with Crippen LogP contribution in [0.25, 0.3) is 0 Å². The molecule has 1 aliphatic rings. The zero-order valence-corrected chi connectivity index (χ0v) is 16.8.